The summed E-state index contributed by atoms with van der Waals surface area (Å²) in [6.45, 7) is 1.62. The Kier molecular flexibility index (Phi) is 6.46. The highest BCUT2D eigenvalue weighted by Gasteiger charge is 2.15. The van der Waals surface area contributed by atoms with Crippen LogP contribution in [0.1, 0.15) is 31.2 Å². The van der Waals surface area contributed by atoms with Gasteiger partial charge in [0.2, 0.25) is 0 Å². The van der Waals surface area contributed by atoms with E-state index in [9.17, 15) is 0 Å². The highest BCUT2D eigenvalue weighted by molar-refractivity contribution is 9.11. The lowest BCUT2D eigenvalue weighted by Gasteiger charge is -2.13. The van der Waals surface area contributed by atoms with E-state index in [-0.39, 0.29) is 0 Å². The van der Waals surface area contributed by atoms with Gasteiger partial charge in [0, 0.05) is 12.5 Å². The SMILES string of the molecule is ClCc1cc(Br)c(OCCCC2CCCO2)c(Br)c1. The van der Waals surface area contributed by atoms with Crippen LogP contribution in [0.25, 0.3) is 0 Å². The van der Waals surface area contributed by atoms with Crippen LogP contribution in [-0.4, -0.2) is 19.3 Å². The molecule has 2 nitrogen and oxygen atoms in total. The number of hydrogen-bond donors (Lipinski definition) is 0. The zero-order valence-electron chi connectivity index (χ0n) is 10.6. The lowest BCUT2D eigenvalue weighted by Crippen LogP contribution is -2.08. The fourth-order valence-electron chi connectivity index (χ4n) is 2.18. The van der Waals surface area contributed by atoms with Crippen LogP contribution in [-0.2, 0) is 10.6 Å². The van der Waals surface area contributed by atoms with E-state index in [0.717, 1.165) is 39.7 Å². The summed E-state index contributed by atoms with van der Waals surface area (Å²) in [6.07, 6.45) is 4.92. The molecular weight excluding hydrogens is 395 g/mol. The minimum absolute atomic E-state index is 0.439. The van der Waals surface area contributed by atoms with Crippen molar-refractivity contribution in [3.63, 3.8) is 0 Å². The zero-order valence-corrected chi connectivity index (χ0v) is 14.6. The second kappa shape index (κ2) is 7.87. The lowest BCUT2D eigenvalue weighted by atomic mass is 10.1. The standard InChI is InChI=1S/C14H17Br2ClO2/c15-12-7-10(9-17)8-13(16)14(12)19-6-2-4-11-3-1-5-18-11/h7-8,11H,1-6,9H2. The maximum atomic E-state index is 5.83. The quantitative estimate of drug-likeness (QED) is 0.467. The molecule has 1 aromatic rings. The molecule has 1 saturated heterocycles. The molecule has 0 amide bonds. The molecule has 0 spiro atoms. The van der Waals surface area contributed by atoms with E-state index < -0.39 is 0 Å². The van der Waals surface area contributed by atoms with E-state index in [2.05, 4.69) is 31.9 Å². The molecule has 19 heavy (non-hydrogen) atoms. The van der Waals surface area contributed by atoms with Crippen LogP contribution in [0.3, 0.4) is 0 Å². The molecule has 106 valence electrons. The molecule has 1 aromatic carbocycles. The van der Waals surface area contributed by atoms with Gasteiger partial charge in [-0.2, -0.15) is 0 Å². The van der Waals surface area contributed by atoms with Crippen LogP contribution in [0.2, 0.25) is 0 Å². The van der Waals surface area contributed by atoms with E-state index in [1.54, 1.807) is 0 Å². The summed E-state index contributed by atoms with van der Waals surface area (Å²) < 4.78 is 13.3. The smallest absolute Gasteiger partial charge is 0.147 e. The highest BCUT2D eigenvalue weighted by Crippen LogP contribution is 2.35. The fourth-order valence-corrected chi connectivity index (χ4v) is 3.85. The third-order valence-corrected chi connectivity index (χ3v) is 4.64. The highest BCUT2D eigenvalue weighted by atomic mass is 79.9. The largest absolute Gasteiger partial charge is 0.491 e. The van der Waals surface area contributed by atoms with Gasteiger partial charge in [-0.25, -0.2) is 0 Å². The predicted octanol–water partition coefficient (Wildman–Crippen LogP) is 5.29. The van der Waals surface area contributed by atoms with Gasteiger partial charge in [0.1, 0.15) is 5.75 Å². The van der Waals surface area contributed by atoms with Crippen molar-refractivity contribution in [2.45, 2.75) is 37.7 Å². The first kappa shape index (κ1) is 15.6. The van der Waals surface area contributed by atoms with Gasteiger partial charge in [-0.3, -0.25) is 0 Å². The Hall–Kier alpha value is 0.230. The van der Waals surface area contributed by atoms with Gasteiger partial charge in [-0.05, 0) is 75.2 Å². The monoisotopic (exact) mass is 410 g/mol. The van der Waals surface area contributed by atoms with Gasteiger partial charge < -0.3 is 9.47 Å². The molecule has 0 bridgehead atoms. The first-order chi connectivity index (χ1) is 9.20. The molecular formula is C14H17Br2ClO2. The number of benzene rings is 1. The van der Waals surface area contributed by atoms with Gasteiger partial charge in [0.05, 0.1) is 21.7 Å². The van der Waals surface area contributed by atoms with Crippen LogP contribution in [0.5, 0.6) is 5.75 Å². The van der Waals surface area contributed by atoms with Gasteiger partial charge in [0.15, 0.2) is 0 Å². The van der Waals surface area contributed by atoms with Crippen LogP contribution >= 0.6 is 43.5 Å². The summed E-state index contributed by atoms with van der Waals surface area (Å²) in [5.74, 6) is 1.34. The Morgan fingerprint density at radius 3 is 2.63 bits per heavy atom. The van der Waals surface area contributed by atoms with E-state index in [1.807, 2.05) is 12.1 Å². The number of ether oxygens (including phenoxy) is 2. The molecule has 1 fully saturated rings. The van der Waals surface area contributed by atoms with Crippen molar-refractivity contribution >= 4 is 43.5 Å². The normalized spacial score (nSPS) is 18.8. The number of halogens is 3. The lowest BCUT2D eigenvalue weighted by molar-refractivity contribution is 0.0980. The fraction of sp³-hybridized carbons (Fsp3) is 0.571. The maximum Gasteiger partial charge on any atom is 0.147 e. The van der Waals surface area contributed by atoms with E-state index in [0.29, 0.717) is 18.6 Å². The minimum atomic E-state index is 0.439. The molecule has 0 radical (unpaired) electrons. The van der Waals surface area contributed by atoms with E-state index >= 15 is 0 Å². The Balaban J connectivity index is 1.81. The van der Waals surface area contributed by atoms with Crippen LogP contribution in [0, 0.1) is 0 Å². The van der Waals surface area contributed by atoms with Crippen molar-refractivity contribution in [2.75, 3.05) is 13.2 Å². The van der Waals surface area contributed by atoms with Gasteiger partial charge in [-0.1, -0.05) is 0 Å². The Morgan fingerprint density at radius 2 is 2.05 bits per heavy atom. The van der Waals surface area contributed by atoms with Crippen LogP contribution < -0.4 is 4.74 Å². The Morgan fingerprint density at radius 1 is 1.32 bits per heavy atom. The van der Waals surface area contributed by atoms with Gasteiger partial charge >= 0.3 is 0 Å². The number of rotatable bonds is 6. The molecule has 5 heteroatoms. The van der Waals surface area contributed by atoms with Crippen molar-refractivity contribution < 1.29 is 9.47 Å². The average Bonchev–Trinajstić information content (AvgIpc) is 2.89. The molecule has 0 N–H and O–H groups in total. The molecule has 0 saturated carbocycles. The zero-order chi connectivity index (χ0) is 13.7. The molecule has 1 aliphatic rings. The van der Waals surface area contributed by atoms with Crippen molar-refractivity contribution in [3.8, 4) is 5.75 Å². The van der Waals surface area contributed by atoms with Crippen molar-refractivity contribution in [1.29, 1.82) is 0 Å². The molecule has 2 rings (SSSR count). The molecule has 0 aliphatic carbocycles. The second-order valence-electron chi connectivity index (χ2n) is 4.65. The Bertz CT molecular complexity index is 397. The van der Waals surface area contributed by atoms with Crippen molar-refractivity contribution in [3.05, 3.63) is 26.6 Å². The summed E-state index contributed by atoms with van der Waals surface area (Å²) in [7, 11) is 0. The van der Waals surface area contributed by atoms with E-state index in [4.69, 9.17) is 21.1 Å². The minimum Gasteiger partial charge on any atom is -0.491 e. The first-order valence-corrected chi connectivity index (χ1v) is 8.61. The summed E-state index contributed by atoms with van der Waals surface area (Å²) in [5.41, 5.74) is 1.06. The van der Waals surface area contributed by atoms with Crippen LogP contribution in [0.15, 0.2) is 21.1 Å². The summed E-state index contributed by atoms with van der Waals surface area (Å²) >= 11 is 12.9. The Labute approximate surface area is 136 Å². The first-order valence-electron chi connectivity index (χ1n) is 6.49. The van der Waals surface area contributed by atoms with Crippen LogP contribution in [0.4, 0.5) is 0 Å². The van der Waals surface area contributed by atoms with E-state index in [1.165, 1.54) is 12.8 Å². The summed E-state index contributed by atoms with van der Waals surface area (Å²) in [6, 6.07) is 3.99. The van der Waals surface area contributed by atoms with Gasteiger partial charge in [-0.15, -0.1) is 11.6 Å². The number of alkyl halides is 1. The third kappa shape index (κ3) is 4.62. The summed E-state index contributed by atoms with van der Waals surface area (Å²) in [4.78, 5) is 0. The molecule has 1 unspecified atom stereocenters. The van der Waals surface area contributed by atoms with Gasteiger partial charge in [0.25, 0.3) is 0 Å². The number of hydrogen-bond acceptors (Lipinski definition) is 2. The second-order valence-corrected chi connectivity index (χ2v) is 6.62. The van der Waals surface area contributed by atoms with Crippen molar-refractivity contribution in [1.82, 2.24) is 0 Å². The average molecular weight is 413 g/mol. The molecule has 1 heterocycles. The molecule has 1 aliphatic heterocycles. The maximum absolute atomic E-state index is 5.83. The molecule has 1 atom stereocenters. The molecule has 0 aromatic heterocycles. The summed E-state index contributed by atoms with van der Waals surface area (Å²) in [5, 5.41) is 0. The third-order valence-electron chi connectivity index (χ3n) is 3.15. The topological polar surface area (TPSA) is 18.5 Å². The van der Waals surface area contributed by atoms with Crippen molar-refractivity contribution in [2.24, 2.45) is 0 Å². The predicted molar refractivity (Wildman–Crippen MR) is 85.1 cm³/mol.